The van der Waals surface area contributed by atoms with Crippen molar-refractivity contribution >= 4 is 5.97 Å². The molecule has 1 heterocycles. The fourth-order valence-electron chi connectivity index (χ4n) is 2.11. The number of carbonyl (C=O) groups is 1. The highest BCUT2D eigenvalue weighted by atomic mass is 19.1. The van der Waals surface area contributed by atoms with Crippen molar-refractivity contribution in [2.24, 2.45) is 0 Å². The van der Waals surface area contributed by atoms with Crippen molar-refractivity contribution < 1.29 is 18.7 Å². The van der Waals surface area contributed by atoms with Crippen LogP contribution in [0.1, 0.15) is 11.5 Å². The summed E-state index contributed by atoms with van der Waals surface area (Å²) < 4.78 is 22.9. The minimum absolute atomic E-state index is 0.0550. The van der Waals surface area contributed by atoms with E-state index in [1.54, 1.807) is 12.1 Å². The van der Waals surface area contributed by atoms with Crippen LogP contribution in [0.5, 0.6) is 0 Å². The van der Waals surface area contributed by atoms with Crippen molar-refractivity contribution in [1.82, 2.24) is 5.32 Å². The van der Waals surface area contributed by atoms with E-state index in [0.29, 0.717) is 6.54 Å². The van der Waals surface area contributed by atoms with Gasteiger partial charge in [-0.1, -0.05) is 12.1 Å². The standard InChI is InChI=1S/C13H16FNO3/c1-17-13(16)8-18-12-7-15-6-11(12)9-2-4-10(14)5-3-9/h2-5,11-12,15H,6-8H2,1H3. The predicted octanol–water partition coefficient (Wildman–Crippen LogP) is 1.07. The number of carbonyl (C=O) groups excluding carboxylic acids is 1. The first-order valence-corrected chi connectivity index (χ1v) is 5.85. The normalized spacial score (nSPS) is 23.0. The summed E-state index contributed by atoms with van der Waals surface area (Å²) in [5, 5.41) is 3.21. The summed E-state index contributed by atoms with van der Waals surface area (Å²) >= 11 is 0. The van der Waals surface area contributed by atoms with Gasteiger partial charge in [0.25, 0.3) is 0 Å². The molecule has 18 heavy (non-hydrogen) atoms. The first-order valence-electron chi connectivity index (χ1n) is 5.85. The van der Waals surface area contributed by atoms with E-state index >= 15 is 0 Å². The van der Waals surface area contributed by atoms with E-state index in [1.165, 1.54) is 19.2 Å². The molecule has 0 bridgehead atoms. The molecule has 5 heteroatoms. The van der Waals surface area contributed by atoms with Gasteiger partial charge in [0, 0.05) is 19.0 Å². The Labute approximate surface area is 105 Å². The minimum atomic E-state index is -0.389. The Balaban J connectivity index is 1.98. The van der Waals surface area contributed by atoms with Gasteiger partial charge in [0.1, 0.15) is 12.4 Å². The zero-order chi connectivity index (χ0) is 13.0. The molecular weight excluding hydrogens is 237 g/mol. The number of hydrogen-bond acceptors (Lipinski definition) is 4. The van der Waals surface area contributed by atoms with Crippen LogP contribution in [0.2, 0.25) is 0 Å². The molecule has 0 radical (unpaired) electrons. The van der Waals surface area contributed by atoms with Crippen LogP contribution in [0, 0.1) is 5.82 Å². The predicted molar refractivity (Wildman–Crippen MR) is 63.8 cm³/mol. The third kappa shape index (κ3) is 3.05. The highest BCUT2D eigenvalue weighted by Gasteiger charge is 2.29. The Bertz CT molecular complexity index is 407. The van der Waals surface area contributed by atoms with E-state index in [1.807, 2.05) is 0 Å². The van der Waals surface area contributed by atoms with E-state index in [-0.39, 0.29) is 30.4 Å². The van der Waals surface area contributed by atoms with Gasteiger partial charge in [0.15, 0.2) is 0 Å². The van der Waals surface area contributed by atoms with Gasteiger partial charge in [-0.25, -0.2) is 9.18 Å². The lowest BCUT2D eigenvalue weighted by Crippen LogP contribution is -2.25. The van der Waals surface area contributed by atoms with Crippen LogP contribution in [0.3, 0.4) is 0 Å². The highest BCUT2D eigenvalue weighted by Crippen LogP contribution is 2.25. The molecule has 1 aromatic rings. The summed E-state index contributed by atoms with van der Waals surface area (Å²) in [7, 11) is 1.33. The lowest BCUT2D eigenvalue weighted by Gasteiger charge is -2.19. The third-order valence-corrected chi connectivity index (χ3v) is 3.10. The number of esters is 1. The summed E-state index contributed by atoms with van der Waals surface area (Å²) in [6, 6.07) is 6.37. The Kier molecular flexibility index (Phi) is 4.28. The van der Waals surface area contributed by atoms with E-state index in [2.05, 4.69) is 10.1 Å². The van der Waals surface area contributed by atoms with Gasteiger partial charge >= 0.3 is 5.97 Å². The molecule has 2 atom stereocenters. The third-order valence-electron chi connectivity index (χ3n) is 3.10. The van der Waals surface area contributed by atoms with Crippen LogP contribution >= 0.6 is 0 Å². The van der Waals surface area contributed by atoms with E-state index in [0.717, 1.165) is 12.1 Å². The summed E-state index contributed by atoms with van der Waals surface area (Å²) in [4.78, 5) is 11.0. The van der Waals surface area contributed by atoms with Crippen LogP contribution in [-0.4, -0.2) is 38.9 Å². The first-order chi connectivity index (χ1) is 8.70. The average molecular weight is 253 g/mol. The maximum Gasteiger partial charge on any atom is 0.331 e. The lowest BCUT2D eigenvalue weighted by molar-refractivity contribution is -0.147. The van der Waals surface area contributed by atoms with Crippen molar-refractivity contribution in [3.8, 4) is 0 Å². The average Bonchev–Trinajstić information content (AvgIpc) is 2.85. The molecule has 0 amide bonds. The van der Waals surface area contributed by atoms with Gasteiger partial charge in [0.2, 0.25) is 0 Å². The van der Waals surface area contributed by atoms with Crippen molar-refractivity contribution in [2.75, 3.05) is 26.8 Å². The van der Waals surface area contributed by atoms with Gasteiger partial charge in [-0.05, 0) is 17.7 Å². The second-order valence-electron chi connectivity index (χ2n) is 4.24. The van der Waals surface area contributed by atoms with Crippen molar-refractivity contribution in [1.29, 1.82) is 0 Å². The fourth-order valence-corrected chi connectivity index (χ4v) is 2.11. The van der Waals surface area contributed by atoms with Crippen LogP contribution in [0.15, 0.2) is 24.3 Å². The monoisotopic (exact) mass is 253 g/mol. The van der Waals surface area contributed by atoms with Gasteiger partial charge < -0.3 is 14.8 Å². The Morgan fingerprint density at radius 1 is 1.39 bits per heavy atom. The van der Waals surface area contributed by atoms with Crippen molar-refractivity contribution in [3.05, 3.63) is 35.6 Å². The quantitative estimate of drug-likeness (QED) is 0.815. The highest BCUT2D eigenvalue weighted by molar-refractivity contribution is 5.70. The van der Waals surface area contributed by atoms with Crippen LogP contribution < -0.4 is 5.32 Å². The van der Waals surface area contributed by atoms with Crippen molar-refractivity contribution in [3.63, 3.8) is 0 Å². The molecule has 0 spiro atoms. The van der Waals surface area contributed by atoms with Gasteiger partial charge in [-0.15, -0.1) is 0 Å². The zero-order valence-corrected chi connectivity index (χ0v) is 10.2. The molecule has 0 aromatic heterocycles. The van der Waals surface area contributed by atoms with Crippen LogP contribution in [-0.2, 0) is 14.3 Å². The number of ether oxygens (including phenoxy) is 2. The summed E-state index contributed by atoms with van der Waals surface area (Å²) in [6.45, 7) is 1.39. The molecule has 98 valence electrons. The van der Waals surface area contributed by atoms with E-state index in [4.69, 9.17) is 4.74 Å². The molecule has 4 nitrogen and oxygen atoms in total. The van der Waals surface area contributed by atoms with E-state index in [9.17, 15) is 9.18 Å². The molecule has 0 saturated carbocycles. The molecule has 1 saturated heterocycles. The maximum atomic E-state index is 12.9. The lowest BCUT2D eigenvalue weighted by atomic mass is 9.96. The molecule has 1 aliphatic heterocycles. The van der Waals surface area contributed by atoms with E-state index < -0.39 is 0 Å². The second kappa shape index (κ2) is 5.93. The summed E-state index contributed by atoms with van der Waals surface area (Å²) in [5.74, 6) is -0.508. The molecule has 1 aromatic carbocycles. The van der Waals surface area contributed by atoms with Gasteiger partial charge in [-0.3, -0.25) is 0 Å². The Morgan fingerprint density at radius 3 is 2.78 bits per heavy atom. The first kappa shape index (κ1) is 13.0. The minimum Gasteiger partial charge on any atom is -0.467 e. The maximum absolute atomic E-state index is 12.9. The molecule has 2 unspecified atom stereocenters. The van der Waals surface area contributed by atoms with Crippen molar-refractivity contribution in [2.45, 2.75) is 12.0 Å². The topological polar surface area (TPSA) is 47.6 Å². The Hall–Kier alpha value is -1.46. The molecule has 2 rings (SSSR count). The summed E-state index contributed by atoms with van der Waals surface area (Å²) in [5.41, 5.74) is 1.01. The number of benzene rings is 1. The zero-order valence-electron chi connectivity index (χ0n) is 10.2. The smallest absolute Gasteiger partial charge is 0.331 e. The molecule has 0 aliphatic carbocycles. The largest absolute Gasteiger partial charge is 0.467 e. The van der Waals surface area contributed by atoms with Gasteiger partial charge in [-0.2, -0.15) is 0 Å². The second-order valence-corrected chi connectivity index (χ2v) is 4.24. The number of halogens is 1. The molecule has 1 N–H and O–H groups in total. The van der Waals surface area contributed by atoms with Gasteiger partial charge in [0.05, 0.1) is 13.2 Å². The summed E-state index contributed by atoms with van der Waals surface area (Å²) in [6.07, 6.45) is -0.0884. The van der Waals surface area contributed by atoms with Crippen LogP contribution in [0.4, 0.5) is 4.39 Å². The molecular formula is C13H16FNO3. The van der Waals surface area contributed by atoms with Crippen LogP contribution in [0.25, 0.3) is 0 Å². The molecule has 1 fully saturated rings. The Morgan fingerprint density at radius 2 is 2.11 bits per heavy atom. The number of methoxy groups -OCH3 is 1. The molecule has 1 aliphatic rings. The number of hydrogen-bond donors (Lipinski definition) is 1. The number of rotatable bonds is 4. The fraction of sp³-hybridized carbons (Fsp3) is 0.462. The number of nitrogens with one attached hydrogen (secondary N) is 1. The SMILES string of the molecule is COC(=O)COC1CNCC1c1ccc(F)cc1.